The molecule has 0 saturated carbocycles. The Morgan fingerprint density at radius 3 is 2.54 bits per heavy atom. The highest BCUT2D eigenvalue weighted by Gasteiger charge is 2.19. The first-order valence-electron chi connectivity index (χ1n) is 7.92. The Morgan fingerprint density at radius 1 is 1.12 bits per heavy atom. The minimum absolute atomic E-state index is 0.00843. The summed E-state index contributed by atoms with van der Waals surface area (Å²) in [6.07, 6.45) is 0. The van der Waals surface area contributed by atoms with Gasteiger partial charge in [0.15, 0.2) is 0 Å². The molecule has 0 spiro atoms. The van der Waals surface area contributed by atoms with Crippen LogP contribution in [0.4, 0.5) is 5.69 Å². The van der Waals surface area contributed by atoms with E-state index in [1.54, 1.807) is 37.3 Å². The highest BCUT2D eigenvalue weighted by Crippen LogP contribution is 2.26. The number of aryl methyl sites for hydroxylation is 1. The van der Waals surface area contributed by atoms with Gasteiger partial charge >= 0.3 is 0 Å². The quantitative estimate of drug-likeness (QED) is 0.687. The van der Waals surface area contributed by atoms with Crippen molar-refractivity contribution < 1.29 is 22.7 Å². The van der Waals surface area contributed by atoms with E-state index in [1.165, 1.54) is 26.4 Å². The molecule has 7 nitrogen and oxygen atoms in total. The van der Waals surface area contributed by atoms with Crippen LogP contribution in [0.1, 0.15) is 15.9 Å². The molecule has 26 heavy (non-hydrogen) atoms. The molecule has 0 aliphatic carbocycles. The maximum absolute atomic E-state index is 12.7. The number of sulfonamides is 1. The van der Waals surface area contributed by atoms with Gasteiger partial charge in [0.1, 0.15) is 5.75 Å². The van der Waals surface area contributed by atoms with E-state index >= 15 is 0 Å². The second-order valence-corrected chi connectivity index (χ2v) is 7.21. The maximum Gasteiger partial charge on any atom is 0.262 e. The molecule has 0 aliphatic heterocycles. The second kappa shape index (κ2) is 8.68. The molecule has 0 unspecified atom stereocenters. The van der Waals surface area contributed by atoms with Gasteiger partial charge in [-0.2, -0.15) is 0 Å². The molecule has 2 aromatic carbocycles. The van der Waals surface area contributed by atoms with E-state index in [-0.39, 0.29) is 10.8 Å². The summed E-state index contributed by atoms with van der Waals surface area (Å²) in [4.78, 5) is 12.3. The van der Waals surface area contributed by atoms with Gasteiger partial charge in [-0.1, -0.05) is 18.2 Å². The van der Waals surface area contributed by atoms with Gasteiger partial charge in [0.05, 0.1) is 24.3 Å². The van der Waals surface area contributed by atoms with Crippen LogP contribution in [0.2, 0.25) is 0 Å². The van der Waals surface area contributed by atoms with Crippen LogP contribution < -0.4 is 14.8 Å². The molecular formula is C18H22N2O5S. The van der Waals surface area contributed by atoms with Crippen molar-refractivity contribution in [3.63, 3.8) is 0 Å². The standard InChI is InChI=1S/C18H22N2O5S/c1-13-8-9-14(12-15(13)18(21)19-10-11-24-2)26(22,23)20-16-6-4-5-7-17(16)25-3/h4-9,12,20H,10-11H2,1-3H3,(H,19,21). The Bertz CT molecular complexity index is 881. The summed E-state index contributed by atoms with van der Waals surface area (Å²) in [6.45, 7) is 2.46. The fourth-order valence-electron chi connectivity index (χ4n) is 2.31. The first kappa shape index (κ1) is 19.7. The smallest absolute Gasteiger partial charge is 0.262 e. The first-order valence-corrected chi connectivity index (χ1v) is 9.41. The topological polar surface area (TPSA) is 93.7 Å². The molecule has 2 rings (SSSR count). The van der Waals surface area contributed by atoms with Crippen LogP contribution in [0.25, 0.3) is 0 Å². The summed E-state index contributed by atoms with van der Waals surface area (Å²) in [6, 6.07) is 11.1. The number of hydrogen-bond donors (Lipinski definition) is 2. The molecular weight excluding hydrogens is 356 g/mol. The summed E-state index contributed by atoms with van der Waals surface area (Å²) >= 11 is 0. The Labute approximate surface area is 153 Å². The zero-order valence-corrected chi connectivity index (χ0v) is 15.7. The third-order valence-corrected chi connectivity index (χ3v) is 5.07. The molecule has 2 N–H and O–H groups in total. The van der Waals surface area contributed by atoms with E-state index < -0.39 is 10.0 Å². The molecule has 140 valence electrons. The average Bonchev–Trinajstić information content (AvgIpc) is 2.62. The summed E-state index contributed by atoms with van der Waals surface area (Å²) in [7, 11) is -0.883. The molecule has 1 amide bonds. The number of anilines is 1. The van der Waals surface area contributed by atoms with Crippen molar-refractivity contribution in [2.45, 2.75) is 11.8 Å². The molecule has 0 heterocycles. The van der Waals surface area contributed by atoms with Crippen LogP contribution in [0.15, 0.2) is 47.4 Å². The molecule has 0 radical (unpaired) electrons. The average molecular weight is 378 g/mol. The number of methoxy groups -OCH3 is 2. The van der Waals surface area contributed by atoms with Gasteiger partial charge in [-0.15, -0.1) is 0 Å². The van der Waals surface area contributed by atoms with Crippen molar-refractivity contribution in [1.82, 2.24) is 5.32 Å². The Kier molecular flexibility index (Phi) is 6.59. The predicted octanol–water partition coefficient (Wildman–Crippen LogP) is 2.18. The van der Waals surface area contributed by atoms with Crippen LogP contribution in [0, 0.1) is 6.92 Å². The maximum atomic E-state index is 12.7. The zero-order chi connectivity index (χ0) is 19.2. The van der Waals surface area contributed by atoms with Gasteiger partial charge in [0, 0.05) is 19.2 Å². The largest absolute Gasteiger partial charge is 0.495 e. The molecule has 2 aromatic rings. The van der Waals surface area contributed by atoms with Crippen LogP contribution in [0.3, 0.4) is 0 Å². The Balaban J connectivity index is 2.29. The summed E-state index contributed by atoms with van der Waals surface area (Å²) in [5.74, 6) is 0.0506. The Hall–Kier alpha value is -2.58. The molecule has 0 fully saturated rings. The van der Waals surface area contributed by atoms with Crippen molar-refractivity contribution in [3.8, 4) is 5.75 Å². The monoisotopic (exact) mass is 378 g/mol. The minimum Gasteiger partial charge on any atom is -0.495 e. The number of benzene rings is 2. The summed E-state index contributed by atoms with van der Waals surface area (Å²) in [5.41, 5.74) is 1.29. The van der Waals surface area contributed by atoms with E-state index in [0.29, 0.717) is 35.7 Å². The third-order valence-electron chi connectivity index (χ3n) is 3.71. The van der Waals surface area contributed by atoms with E-state index in [4.69, 9.17) is 9.47 Å². The van der Waals surface area contributed by atoms with Crippen LogP contribution in [0.5, 0.6) is 5.75 Å². The number of amides is 1. The fraction of sp³-hybridized carbons (Fsp3) is 0.278. The molecule has 0 aliphatic rings. The molecule has 0 atom stereocenters. The van der Waals surface area contributed by atoms with E-state index in [1.807, 2.05) is 0 Å². The minimum atomic E-state index is -3.88. The van der Waals surface area contributed by atoms with Gasteiger partial charge in [-0.3, -0.25) is 9.52 Å². The highest BCUT2D eigenvalue weighted by atomic mass is 32.2. The van der Waals surface area contributed by atoms with Crippen LogP contribution >= 0.6 is 0 Å². The lowest BCUT2D eigenvalue weighted by Crippen LogP contribution is -2.28. The third kappa shape index (κ3) is 4.74. The normalized spacial score (nSPS) is 11.0. The molecule has 0 bridgehead atoms. The lowest BCUT2D eigenvalue weighted by Gasteiger charge is -2.13. The van der Waals surface area contributed by atoms with Gasteiger partial charge in [-0.05, 0) is 36.8 Å². The number of nitrogens with one attached hydrogen (secondary N) is 2. The summed E-state index contributed by atoms with van der Waals surface area (Å²) < 4.78 is 37.9. The van der Waals surface area contributed by atoms with Crippen molar-refractivity contribution in [2.24, 2.45) is 0 Å². The summed E-state index contributed by atoms with van der Waals surface area (Å²) in [5, 5.41) is 2.69. The zero-order valence-electron chi connectivity index (χ0n) is 14.9. The van der Waals surface area contributed by atoms with Crippen LogP contribution in [-0.2, 0) is 14.8 Å². The van der Waals surface area contributed by atoms with Crippen molar-refractivity contribution in [3.05, 3.63) is 53.6 Å². The van der Waals surface area contributed by atoms with Crippen LogP contribution in [-0.4, -0.2) is 41.7 Å². The number of carbonyl (C=O) groups excluding carboxylic acids is 1. The van der Waals surface area contributed by atoms with Crippen molar-refractivity contribution in [2.75, 3.05) is 32.1 Å². The predicted molar refractivity (Wildman–Crippen MR) is 99.2 cm³/mol. The van der Waals surface area contributed by atoms with E-state index in [0.717, 1.165) is 0 Å². The Morgan fingerprint density at radius 2 is 1.85 bits per heavy atom. The highest BCUT2D eigenvalue weighted by molar-refractivity contribution is 7.92. The SMILES string of the molecule is COCCNC(=O)c1cc(S(=O)(=O)Nc2ccccc2OC)ccc1C. The van der Waals surface area contributed by atoms with Gasteiger partial charge < -0.3 is 14.8 Å². The fourth-order valence-corrected chi connectivity index (χ4v) is 3.40. The lowest BCUT2D eigenvalue weighted by atomic mass is 10.1. The van der Waals surface area contributed by atoms with Gasteiger partial charge in [0.25, 0.3) is 15.9 Å². The molecule has 8 heteroatoms. The van der Waals surface area contributed by atoms with Gasteiger partial charge in [0.2, 0.25) is 0 Å². The van der Waals surface area contributed by atoms with Crippen molar-refractivity contribution in [1.29, 1.82) is 0 Å². The first-order chi connectivity index (χ1) is 12.4. The van der Waals surface area contributed by atoms with Gasteiger partial charge in [-0.25, -0.2) is 8.42 Å². The van der Waals surface area contributed by atoms with E-state index in [9.17, 15) is 13.2 Å². The number of para-hydroxylation sites is 2. The number of carbonyl (C=O) groups is 1. The number of rotatable bonds is 8. The van der Waals surface area contributed by atoms with E-state index in [2.05, 4.69) is 10.0 Å². The van der Waals surface area contributed by atoms with Crippen molar-refractivity contribution >= 4 is 21.6 Å². The molecule has 0 saturated heterocycles. The number of hydrogen-bond acceptors (Lipinski definition) is 5. The lowest BCUT2D eigenvalue weighted by molar-refractivity contribution is 0.0936. The molecule has 0 aromatic heterocycles. The number of ether oxygens (including phenoxy) is 2. The second-order valence-electron chi connectivity index (χ2n) is 5.53.